The fourth-order valence-corrected chi connectivity index (χ4v) is 20.8. The maximum Gasteiger partial charge on any atom is 0.101 e. The average Bonchev–Trinajstić information content (AvgIpc) is 1.11. The first kappa shape index (κ1) is 76.1. The lowest BCUT2D eigenvalue weighted by atomic mass is 9.73. The number of para-hydroxylation sites is 9. The Hall–Kier alpha value is -16.6. The fraction of sp³-hybridized carbons (Fsp3) is 0.0500. The van der Waals surface area contributed by atoms with E-state index >= 15 is 0 Å². The molecule has 9 nitrogen and oxygen atoms in total. The van der Waals surface area contributed by atoms with Crippen molar-refractivity contribution >= 4 is 99.5 Å². The Morgan fingerprint density at radius 2 is 0.426 bits per heavy atom. The molecule has 0 radical (unpaired) electrons. The summed E-state index contributed by atoms with van der Waals surface area (Å²) in [6.07, 6.45) is 0. The highest BCUT2D eigenvalue weighted by Crippen LogP contribution is 2.57. The molecule has 612 valence electrons. The molecule has 0 bridgehead atoms. The highest BCUT2D eigenvalue weighted by molar-refractivity contribution is 6.12. The fourth-order valence-electron chi connectivity index (χ4n) is 20.8. The minimum absolute atomic E-state index is 0.238. The number of hydrogen-bond donors (Lipinski definition) is 0. The first-order valence-electron chi connectivity index (χ1n) is 44.5. The van der Waals surface area contributed by atoms with Crippen LogP contribution in [0.15, 0.2) is 455 Å². The second kappa shape index (κ2) is 30.7. The van der Waals surface area contributed by atoms with Crippen LogP contribution < -0.4 is 9.80 Å². The third kappa shape index (κ3) is 12.4. The molecule has 23 aromatic rings. The highest BCUT2D eigenvalue weighted by atomic mass is 15.3. The third-order valence-electron chi connectivity index (χ3n) is 26.8. The van der Waals surface area contributed by atoms with Gasteiger partial charge in [0, 0.05) is 105 Å². The van der Waals surface area contributed by atoms with Crippen molar-refractivity contribution in [3.8, 4) is 95.7 Å². The predicted octanol–water partition coefficient (Wildman–Crippen LogP) is 31.3. The molecule has 129 heavy (non-hydrogen) atoms. The highest BCUT2D eigenvalue weighted by Gasteiger charge is 2.41. The van der Waals surface area contributed by atoms with E-state index in [0.29, 0.717) is 0 Å². The first-order valence-corrected chi connectivity index (χ1v) is 44.5. The van der Waals surface area contributed by atoms with Gasteiger partial charge in [0.1, 0.15) is 11.4 Å². The van der Waals surface area contributed by atoms with Crippen LogP contribution in [0.3, 0.4) is 0 Å². The van der Waals surface area contributed by atoms with Gasteiger partial charge in [-0.05, 0) is 179 Å². The molecule has 0 atom stereocenters. The summed E-state index contributed by atoms with van der Waals surface area (Å²) in [4.78, 5) is 4.92. The van der Waals surface area contributed by atoms with Crippen molar-refractivity contribution in [2.75, 3.05) is 9.80 Å². The van der Waals surface area contributed by atoms with Gasteiger partial charge >= 0.3 is 0 Å². The van der Waals surface area contributed by atoms with Crippen LogP contribution in [0.1, 0.15) is 49.9 Å². The van der Waals surface area contributed by atoms with E-state index in [9.17, 15) is 0 Å². The number of nitrogens with zero attached hydrogens (tertiary/aromatic N) is 9. The Bertz CT molecular complexity index is 7940. The number of rotatable bonds is 13. The van der Waals surface area contributed by atoms with Gasteiger partial charge in [-0.3, -0.25) is 0 Å². The summed E-state index contributed by atoms with van der Waals surface area (Å²) < 4.78 is 11.5. The molecule has 0 N–H and O–H groups in total. The van der Waals surface area contributed by atoms with Gasteiger partial charge in [0.25, 0.3) is 0 Å². The van der Waals surface area contributed by atoms with Crippen LogP contribution in [0.5, 0.6) is 0 Å². The van der Waals surface area contributed by atoms with Crippen molar-refractivity contribution in [2.45, 2.75) is 38.5 Å². The molecule has 0 saturated heterocycles. The Kier molecular flexibility index (Phi) is 18.1. The number of anilines is 6. The molecule has 9 heteroatoms. The Morgan fingerprint density at radius 3 is 0.736 bits per heavy atom. The summed E-state index contributed by atoms with van der Waals surface area (Å²) in [7, 11) is 0. The second-order valence-corrected chi connectivity index (χ2v) is 34.8. The predicted molar refractivity (Wildman–Crippen MR) is 536 cm³/mol. The molecule has 0 aliphatic carbocycles. The van der Waals surface area contributed by atoms with Gasteiger partial charge in [0.2, 0.25) is 0 Å². The number of aromatic nitrogens is 7. The molecule has 0 spiro atoms. The zero-order valence-corrected chi connectivity index (χ0v) is 71.8. The molecule has 0 fully saturated rings. The molecule has 0 unspecified atom stereocenters. The third-order valence-corrected chi connectivity index (χ3v) is 26.8. The molecular weight excluding hydrogens is 1570 g/mol. The molecule has 2 aliphatic rings. The van der Waals surface area contributed by atoms with E-state index in [4.69, 9.17) is 10.2 Å². The number of benzene rings is 18. The molecule has 0 saturated carbocycles. The van der Waals surface area contributed by atoms with Crippen LogP contribution in [0.4, 0.5) is 34.1 Å². The summed E-state index contributed by atoms with van der Waals surface area (Å²) in [6, 6.07) is 164. The zero-order chi connectivity index (χ0) is 86.0. The Balaban J connectivity index is 0.000000146. The maximum atomic E-state index is 5.43. The van der Waals surface area contributed by atoms with Crippen molar-refractivity contribution < 1.29 is 0 Å². The van der Waals surface area contributed by atoms with E-state index in [0.717, 1.165) is 118 Å². The van der Waals surface area contributed by atoms with Crippen LogP contribution in [-0.4, -0.2) is 33.3 Å². The monoisotopic (exact) mass is 1650 g/mol. The molecule has 2 aliphatic heterocycles. The molecule has 25 rings (SSSR count). The van der Waals surface area contributed by atoms with Crippen molar-refractivity contribution in [3.63, 3.8) is 0 Å². The smallest absolute Gasteiger partial charge is 0.101 e. The summed E-state index contributed by atoms with van der Waals surface area (Å²) in [5.74, 6) is 0. The van der Waals surface area contributed by atoms with Crippen LogP contribution in [0.25, 0.3) is 161 Å². The van der Waals surface area contributed by atoms with E-state index in [1.807, 2.05) is 0 Å². The normalized spacial score (nSPS) is 13.1. The van der Waals surface area contributed by atoms with Crippen LogP contribution in [0.2, 0.25) is 0 Å². The first-order chi connectivity index (χ1) is 63.6. The van der Waals surface area contributed by atoms with Gasteiger partial charge in [-0.2, -0.15) is 10.2 Å². The van der Waals surface area contributed by atoms with E-state index in [1.54, 1.807) is 0 Å². The molecule has 7 heterocycles. The zero-order valence-electron chi connectivity index (χ0n) is 71.8. The number of fused-ring (bicyclic) bond motifs is 13. The van der Waals surface area contributed by atoms with Gasteiger partial charge in [0.05, 0.1) is 78.6 Å². The van der Waals surface area contributed by atoms with Crippen molar-refractivity contribution in [1.29, 1.82) is 0 Å². The largest absolute Gasteiger partial charge is 0.310 e. The van der Waals surface area contributed by atoms with E-state index < -0.39 is 0 Å². The standard InChI is InChI=1S/C66H47N5.C54H40N4/c1-66(2)55-42-49(69-57-30-16-12-26-51(57)52-27-13-17-31-58(52)69)38-40-61(55)68(62-41-39-50(43-56(62)66)70-59-32-18-14-28-53(59)54-29-15-19-33-60(54)70)47-36-34-44(35-37-47)63-64(45-20-6-3-7-21-45)67-71(48-24-10-5-11-25-48)65(63)46-22-8-4-9-23-46;1-54(2)45-26-14-17-29-49(45)56(50-35-34-42(36-46(50)54)57-47-27-15-12-24-43(47)44-25-13-16-28-48(44)57)40-32-30-37(31-33-40)51-52(38-18-6-3-7-19-38)55-58(41-22-10-5-11-23-41)53(51)39-20-8-4-9-21-39/h3-43H,1-2H3;3-36H,1-2H3. The van der Waals surface area contributed by atoms with E-state index in [1.165, 1.54) is 99.0 Å². The Labute approximate surface area is 749 Å². The van der Waals surface area contributed by atoms with Gasteiger partial charge in [-0.15, -0.1) is 0 Å². The minimum atomic E-state index is -0.383. The summed E-state index contributed by atoms with van der Waals surface area (Å²) >= 11 is 0. The van der Waals surface area contributed by atoms with E-state index in [2.05, 4.69) is 516 Å². The van der Waals surface area contributed by atoms with E-state index in [-0.39, 0.29) is 10.8 Å². The molecular formula is C120H87N9. The summed E-state index contributed by atoms with van der Waals surface area (Å²) in [5, 5.41) is 18.3. The molecule has 0 amide bonds. The lowest BCUT2D eigenvalue weighted by Gasteiger charge is -2.42. The SMILES string of the molecule is CC1(C)c2cc(-n3c4ccccc4c4ccccc43)ccc2N(c2ccc(-c3c(-c4ccccc4)nn(-c4ccccc4)c3-c3ccccc3)cc2)c2ccc(-n3c4ccccc4c4ccccc43)cc21.CC1(C)c2ccccc2N(c2ccc(-c3c(-c4ccccc4)nn(-c4ccccc4)c3-c3ccccc3)cc2)c2ccc(-n3c4ccccc4c4ccccc43)cc21. The van der Waals surface area contributed by atoms with Gasteiger partial charge < -0.3 is 23.5 Å². The number of hydrogen-bond acceptors (Lipinski definition) is 4. The van der Waals surface area contributed by atoms with Crippen molar-refractivity contribution in [2.24, 2.45) is 0 Å². The van der Waals surface area contributed by atoms with Gasteiger partial charge in [-0.1, -0.05) is 337 Å². The lowest BCUT2D eigenvalue weighted by molar-refractivity contribution is 0.631. The average molecular weight is 1660 g/mol. The topological polar surface area (TPSA) is 56.9 Å². The Morgan fingerprint density at radius 1 is 0.186 bits per heavy atom. The molecule has 18 aromatic carbocycles. The van der Waals surface area contributed by atoms with Crippen molar-refractivity contribution in [1.82, 2.24) is 33.3 Å². The molecule has 5 aromatic heterocycles. The second-order valence-electron chi connectivity index (χ2n) is 34.8. The quantitative estimate of drug-likeness (QED) is 0.115. The van der Waals surface area contributed by atoms with Crippen LogP contribution in [-0.2, 0) is 10.8 Å². The summed E-state index contributed by atoms with van der Waals surface area (Å²) in [6.45, 7) is 9.52. The maximum absolute atomic E-state index is 5.43. The van der Waals surface area contributed by atoms with Crippen LogP contribution in [0, 0.1) is 0 Å². The summed E-state index contributed by atoms with van der Waals surface area (Å²) in [5.41, 5.74) is 36.8. The lowest BCUT2D eigenvalue weighted by Crippen LogP contribution is -2.31. The minimum Gasteiger partial charge on any atom is -0.310 e. The van der Waals surface area contributed by atoms with Gasteiger partial charge in [0.15, 0.2) is 0 Å². The van der Waals surface area contributed by atoms with Crippen molar-refractivity contribution in [3.05, 3.63) is 477 Å². The van der Waals surface area contributed by atoms with Gasteiger partial charge in [-0.25, -0.2) is 9.36 Å². The van der Waals surface area contributed by atoms with Crippen LogP contribution >= 0.6 is 0 Å².